The fraction of sp³-hybridized carbons (Fsp3) is 0.571. The van der Waals surface area contributed by atoms with E-state index in [0.717, 1.165) is 24.1 Å². The molecule has 1 saturated carbocycles. The van der Waals surface area contributed by atoms with Gasteiger partial charge in [-0.2, -0.15) is 0 Å². The molecule has 2 atom stereocenters. The summed E-state index contributed by atoms with van der Waals surface area (Å²) in [5.41, 5.74) is 9.13. The van der Waals surface area contributed by atoms with Gasteiger partial charge in [0.15, 0.2) is 0 Å². The van der Waals surface area contributed by atoms with Gasteiger partial charge in [-0.3, -0.25) is 0 Å². The second kappa shape index (κ2) is 4.77. The van der Waals surface area contributed by atoms with E-state index in [1.807, 2.05) is 12.1 Å². The molecule has 0 radical (unpaired) electrons. The standard InChI is InChI=1S/C14H22N2/c1-10-6-7-12(8-10)9-16-14-5-3-4-13(15)11(14)2/h3-5,10,12,16H,6-9,15H2,1-2H3. The first-order valence-electron chi connectivity index (χ1n) is 6.25. The average Bonchev–Trinajstić information content (AvgIpc) is 2.67. The van der Waals surface area contributed by atoms with E-state index in [1.54, 1.807) is 0 Å². The minimum atomic E-state index is 0.843. The number of anilines is 2. The van der Waals surface area contributed by atoms with Crippen LogP contribution in [0.4, 0.5) is 11.4 Å². The Morgan fingerprint density at radius 1 is 1.38 bits per heavy atom. The number of hydrogen-bond acceptors (Lipinski definition) is 2. The van der Waals surface area contributed by atoms with Crippen LogP contribution in [0.1, 0.15) is 31.7 Å². The Kier molecular flexibility index (Phi) is 3.37. The summed E-state index contributed by atoms with van der Waals surface area (Å²) in [7, 11) is 0. The van der Waals surface area contributed by atoms with Crippen LogP contribution in [0.2, 0.25) is 0 Å². The van der Waals surface area contributed by atoms with Gasteiger partial charge in [0.1, 0.15) is 0 Å². The van der Waals surface area contributed by atoms with Gasteiger partial charge in [0.25, 0.3) is 0 Å². The predicted molar refractivity (Wildman–Crippen MR) is 70.6 cm³/mol. The summed E-state index contributed by atoms with van der Waals surface area (Å²) in [4.78, 5) is 0. The van der Waals surface area contributed by atoms with E-state index in [9.17, 15) is 0 Å². The van der Waals surface area contributed by atoms with Crippen molar-refractivity contribution >= 4 is 11.4 Å². The lowest BCUT2D eigenvalue weighted by Gasteiger charge is -2.15. The third kappa shape index (κ3) is 2.49. The zero-order valence-corrected chi connectivity index (χ0v) is 10.3. The molecule has 1 aliphatic carbocycles. The molecule has 1 aromatic carbocycles. The first kappa shape index (κ1) is 11.3. The van der Waals surface area contributed by atoms with Gasteiger partial charge < -0.3 is 11.1 Å². The van der Waals surface area contributed by atoms with Crippen LogP contribution in [0, 0.1) is 18.8 Å². The highest BCUT2D eigenvalue weighted by atomic mass is 14.9. The third-order valence-corrected chi connectivity index (χ3v) is 3.76. The second-order valence-corrected chi connectivity index (χ2v) is 5.18. The maximum Gasteiger partial charge on any atom is 0.0390 e. The van der Waals surface area contributed by atoms with Crippen LogP contribution in [-0.2, 0) is 0 Å². The van der Waals surface area contributed by atoms with Crippen LogP contribution in [0.3, 0.4) is 0 Å². The summed E-state index contributed by atoms with van der Waals surface area (Å²) < 4.78 is 0. The Morgan fingerprint density at radius 3 is 2.88 bits per heavy atom. The number of nitrogens with one attached hydrogen (secondary N) is 1. The summed E-state index contributed by atoms with van der Waals surface area (Å²) in [6.45, 7) is 5.52. The molecule has 0 amide bonds. The van der Waals surface area contributed by atoms with Gasteiger partial charge in [0, 0.05) is 17.9 Å². The summed E-state index contributed by atoms with van der Waals surface area (Å²) in [6, 6.07) is 6.09. The number of hydrogen-bond donors (Lipinski definition) is 2. The summed E-state index contributed by atoms with van der Waals surface area (Å²) in [6.07, 6.45) is 4.13. The molecule has 0 saturated heterocycles. The number of nitrogen functional groups attached to an aromatic ring is 1. The van der Waals surface area contributed by atoms with Gasteiger partial charge in [-0.05, 0) is 49.3 Å². The van der Waals surface area contributed by atoms with E-state index < -0.39 is 0 Å². The monoisotopic (exact) mass is 218 g/mol. The van der Waals surface area contributed by atoms with Crippen molar-refractivity contribution in [3.63, 3.8) is 0 Å². The molecule has 2 heteroatoms. The number of nitrogens with two attached hydrogens (primary N) is 1. The Balaban J connectivity index is 1.92. The van der Waals surface area contributed by atoms with Crippen LogP contribution in [0.5, 0.6) is 0 Å². The maximum atomic E-state index is 5.89. The first-order valence-corrected chi connectivity index (χ1v) is 6.25. The molecule has 3 N–H and O–H groups in total. The highest BCUT2D eigenvalue weighted by molar-refractivity contribution is 5.62. The molecule has 0 heterocycles. The van der Waals surface area contributed by atoms with Crippen molar-refractivity contribution in [1.82, 2.24) is 0 Å². The fourth-order valence-corrected chi connectivity index (χ4v) is 2.61. The predicted octanol–water partition coefficient (Wildman–Crippen LogP) is 3.43. The Labute approximate surface area is 98.2 Å². The van der Waals surface area contributed by atoms with Crippen molar-refractivity contribution in [3.8, 4) is 0 Å². The molecular formula is C14H22N2. The van der Waals surface area contributed by atoms with Crippen molar-refractivity contribution in [2.75, 3.05) is 17.6 Å². The van der Waals surface area contributed by atoms with Crippen molar-refractivity contribution < 1.29 is 0 Å². The molecular weight excluding hydrogens is 196 g/mol. The van der Waals surface area contributed by atoms with E-state index in [2.05, 4.69) is 25.2 Å². The maximum absolute atomic E-state index is 5.89. The van der Waals surface area contributed by atoms with E-state index in [1.165, 1.54) is 30.5 Å². The molecule has 0 aromatic heterocycles. The second-order valence-electron chi connectivity index (χ2n) is 5.18. The average molecular weight is 218 g/mol. The first-order chi connectivity index (χ1) is 7.66. The quantitative estimate of drug-likeness (QED) is 0.763. The molecule has 2 nitrogen and oxygen atoms in total. The van der Waals surface area contributed by atoms with Crippen LogP contribution in [-0.4, -0.2) is 6.54 Å². The largest absolute Gasteiger partial charge is 0.398 e. The smallest absolute Gasteiger partial charge is 0.0390 e. The lowest BCUT2D eigenvalue weighted by molar-refractivity contribution is 0.537. The summed E-state index contributed by atoms with van der Waals surface area (Å²) in [5.74, 6) is 1.75. The molecule has 16 heavy (non-hydrogen) atoms. The lowest BCUT2D eigenvalue weighted by Crippen LogP contribution is -2.12. The van der Waals surface area contributed by atoms with Gasteiger partial charge in [0.05, 0.1) is 0 Å². The fourth-order valence-electron chi connectivity index (χ4n) is 2.61. The SMILES string of the molecule is Cc1c(N)cccc1NCC1CCC(C)C1. The number of benzene rings is 1. The zero-order valence-electron chi connectivity index (χ0n) is 10.3. The van der Waals surface area contributed by atoms with E-state index in [-0.39, 0.29) is 0 Å². The van der Waals surface area contributed by atoms with E-state index in [4.69, 9.17) is 5.73 Å². The zero-order chi connectivity index (χ0) is 11.5. The van der Waals surface area contributed by atoms with Crippen molar-refractivity contribution in [2.24, 2.45) is 11.8 Å². The Bertz CT molecular complexity index is 360. The molecule has 1 aromatic rings. The summed E-state index contributed by atoms with van der Waals surface area (Å²) in [5, 5.41) is 3.54. The van der Waals surface area contributed by atoms with Crippen LogP contribution < -0.4 is 11.1 Å². The lowest BCUT2D eigenvalue weighted by atomic mass is 10.1. The van der Waals surface area contributed by atoms with Crippen molar-refractivity contribution in [2.45, 2.75) is 33.1 Å². The van der Waals surface area contributed by atoms with Gasteiger partial charge in [0.2, 0.25) is 0 Å². The van der Waals surface area contributed by atoms with E-state index >= 15 is 0 Å². The van der Waals surface area contributed by atoms with Crippen LogP contribution in [0.15, 0.2) is 18.2 Å². The molecule has 1 aliphatic rings. The van der Waals surface area contributed by atoms with Gasteiger partial charge >= 0.3 is 0 Å². The Morgan fingerprint density at radius 2 is 2.19 bits per heavy atom. The topological polar surface area (TPSA) is 38.0 Å². The van der Waals surface area contributed by atoms with Crippen LogP contribution >= 0.6 is 0 Å². The van der Waals surface area contributed by atoms with E-state index in [0.29, 0.717) is 0 Å². The minimum absolute atomic E-state index is 0.843. The van der Waals surface area contributed by atoms with Gasteiger partial charge in [-0.25, -0.2) is 0 Å². The molecule has 88 valence electrons. The molecule has 2 rings (SSSR count). The molecule has 0 aliphatic heterocycles. The van der Waals surface area contributed by atoms with Crippen molar-refractivity contribution in [3.05, 3.63) is 23.8 Å². The highest BCUT2D eigenvalue weighted by Crippen LogP contribution is 2.31. The van der Waals surface area contributed by atoms with Gasteiger partial charge in [-0.1, -0.05) is 19.4 Å². The molecule has 0 spiro atoms. The molecule has 0 bridgehead atoms. The Hall–Kier alpha value is -1.18. The van der Waals surface area contributed by atoms with Crippen molar-refractivity contribution in [1.29, 1.82) is 0 Å². The third-order valence-electron chi connectivity index (χ3n) is 3.76. The van der Waals surface area contributed by atoms with Gasteiger partial charge in [-0.15, -0.1) is 0 Å². The molecule has 2 unspecified atom stereocenters. The van der Waals surface area contributed by atoms with Crippen LogP contribution in [0.25, 0.3) is 0 Å². The normalized spacial score (nSPS) is 24.6. The number of rotatable bonds is 3. The minimum Gasteiger partial charge on any atom is -0.398 e. The highest BCUT2D eigenvalue weighted by Gasteiger charge is 2.20. The molecule has 1 fully saturated rings. The summed E-state index contributed by atoms with van der Waals surface area (Å²) >= 11 is 0.